The number of nitrogen functional groups attached to an aromatic ring is 1. The molecule has 1 saturated carbocycles. The van der Waals surface area contributed by atoms with Crippen molar-refractivity contribution in [2.75, 3.05) is 12.0 Å². The Labute approximate surface area is 119 Å². The number of sulfone groups is 1. The van der Waals surface area contributed by atoms with E-state index in [2.05, 4.69) is 6.92 Å². The standard InChI is InChI=1S/C14H21NO2S2/c1-10-4-3-5-11(8-10)18-14-7-6-12(9-13(14)15)19(2,16)17/h6-7,9-11H,3-5,8,15H2,1-2H3. The van der Waals surface area contributed by atoms with Gasteiger partial charge in [-0.25, -0.2) is 8.42 Å². The first-order chi connectivity index (χ1) is 8.86. The lowest BCUT2D eigenvalue weighted by molar-refractivity contribution is 0.394. The zero-order valence-electron chi connectivity index (χ0n) is 11.4. The molecule has 5 heteroatoms. The third kappa shape index (κ3) is 3.89. The molecule has 0 aromatic heterocycles. The van der Waals surface area contributed by atoms with E-state index in [4.69, 9.17) is 5.73 Å². The van der Waals surface area contributed by atoms with Crippen LogP contribution in [0, 0.1) is 5.92 Å². The van der Waals surface area contributed by atoms with Crippen LogP contribution in [0.4, 0.5) is 5.69 Å². The minimum atomic E-state index is -3.17. The molecule has 0 heterocycles. The molecule has 2 unspecified atom stereocenters. The Morgan fingerprint density at radius 2 is 2.05 bits per heavy atom. The molecule has 106 valence electrons. The van der Waals surface area contributed by atoms with Crippen molar-refractivity contribution in [1.29, 1.82) is 0 Å². The van der Waals surface area contributed by atoms with E-state index in [0.717, 1.165) is 10.8 Å². The molecule has 1 aliphatic carbocycles. The van der Waals surface area contributed by atoms with Crippen molar-refractivity contribution in [2.24, 2.45) is 5.92 Å². The molecule has 0 spiro atoms. The van der Waals surface area contributed by atoms with Crippen LogP contribution in [0.1, 0.15) is 32.6 Å². The Morgan fingerprint density at radius 1 is 1.32 bits per heavy atom. The van der Waals surface area contributed by atoms with E-state index in [1.807, 2.05) is 6.07 Å². The van der Waals surface area contributed by atoms with Gasteiger partial charge in [-0.1, -0.05) is 19.8 Å². The van der Waals surface area contributed by atoms with E-state index in [1.165, 1.54) is 31.9 Å². The van der Waals surface area contributed by atoms with E-state index in [9.17, 15) is 8.42 Å². The Bertz CT molecular complexity index is 555. The zero-order valence-corrected chi connectivity index (χ0v) is 13.1. The summed E-state index contributed by atoms with van der Waals surface area (Å²) in [5, 5.41) is 0.607. The second-order valence-corrected chi connectivity index (χ2v) is 8.84. The van der Waals surface area contributed by atoms with Gasteiger partial charge in [0.1, 0.15) is 0 Å². The summed E-state index contributed by atoms with van der Waals surface area (Å²) in [4.78, 5) is 1.30. The van der Waals surface area contributed by atoms with E-state index >= 15 is 0 Å². The Balaban J connectivity index is 2.13. The number of anilines is 1. The van der Waals surface area contributed by atoms with Gasteiger partial charge in [0.25, 0.3) is 0 Å². The van der Waals surface area contributed by atoms with Crippen LogP contribution in [0.3, 0.4) is 0 Å². The molecule has 19 heavy (non-hydrogen) atoms. The Hall–Kier alpha value is -0.680. The first-order valence-corrected chi connectivity index (χ1v) is 9.39. The largest absolute Gasteiger partial charge is 0.398 e. The quantitative estimate of drug-likeness (QED) is 0.870. The molecular weight excluding hydrogens is 278 g/mol. The topological polar surface area (TPSA) is 60.2 Å². The van der Waals surface area contributed by atoms with E-state index in [-0.39, 0.29) is 0 Å². The molecule has 0 bridgehead atoms. The molecule has 3 nitrogen and oxygen atoms in total. The average Bonchev–Trinajstić information content (AvgIpc) is 2.30. The van der Waals surface area contributed by atoms with Crippen LogP contribution in [-0.4, -0.2) is 19.9 Å². The summed E-state index contributed by atoms with van der Waals surface area (Å²) in [5.41, 5.74) is 6.56. The van der Waals surface area contributed by atoms with E-state index < -0.39 is 9.84 Å². The summed E-state index contributed by atoms with van der Waals surface area (Å²) < 4.78 is 22.9. The number of hydrogen-bond acceptors (Lipinski definition) is 4. The van der Waals surface area contributed by atoms with Gasteiger partial charge in [0.05, 0.1) is 4.90 Å². The normalized spacial score (nSPS) is 24.3. The van der Waals surface area contributed by atoms with Crippen LogP contribution >= 0.6 is 11.8 Å². The zero-order chi connectivity index (χ0) is 14.0. The highest BCUT2D eigenvalue weighted by Gasteiger charge is 2.21. The summed E-state index contributed by atoms with van der Waals surface area (Å²) in [6.07, 6.45) is 6.25. The van der Waals surface area contributed by atoms with Crippen LogP contribution in [-0.2, 0) is 9.84 Å². The molecule has 2 N–H and O–H groups in total. The minimum Gasteiger partial charge on any atom is -0.398 e. The highest BCUT2D eigenvalue weighted by Crippen LogP contribution is 2.38. The maximum absolute atomic E-state index is 11.5. The summed E-state index contributed by atoms with van der Waals surface area (Å²) in [5.74, 6) is 0.780. The van der Waals surface area contributed by atoms with Gasteiger partial charge in [-0.05, 0) is 37.0 Å². The van der Waals surface area contributed by atoms with Crippen LogP contribution in [0.5, 0.6) is 0 Å². The molecule has 0 radical (unpaired) electrons. The van der Waals surface area contributed by atoms with Gasteiger partial charge in [0, 0.05) is 22.1 Å². The number of benzene rings is 1. The summed E-state index contributed by atoms with van der Waals surface area (Å²) in [7, 11) is -3.17. The highest BCUT2D eigenvalue weighted by molar-refractivity contribution is 8.00. The first-order valence-electron chi connectivity index (χ1n) is 6.62. The average molecular weight is 299 g/mol. The number of thioether (sulfide) groups is 1. The highest BCUT2D eigenvalue weighted by atomic mass is 32.2. The molecular formula is C14H21NO2S2. The monoisotopic (exact) mass is 299 g/mol. The molecule has 1 fully saturated rings. The number of nitrogens with two attached hydrogens (primary N) is 1. The predicted molar refractivity (Wildman–Crippen MR) is 81.2 cm³/mol. The van der Waals surface area contributed by atoms with Crippen molar-refractivity contribution in [2.45, 2.75) is 47.6 Å². The second kappa shape index (κ2) is 5.75. The molecule has 2 rings (SSSR count). The number of rotatable bonds is 3. The SMILES string of the molecule is CC1CCCC(Sc2ccc(S(C)(=O)=O)cc2N)C1. The van der Waals surface area contributed by atoms with Crippen molar-refractivity contribution in [3.63, 3.8) is 0 Å². The van der Waals surface area contributed by atoms with Crippen LogP contribution in [0.25, 0.3) is 0 Å². The van der Waals surface area contributed by atoms with Gasteiger partial charge < -0.3 is 5.73 Å². The van der Waals surface area contributed by atoms with Gasteiger partial charge in [0.15, 0.2) is 9.84 Å². The van der Waals surface area contributed by atoms with Gasteiger partial charge in [-0.15, -0.1) is 11.8 Å². The van der Waals surface area contributed by atoms with Gasteiger partial charge in [-0.2, -0.15) is 0 Å². The lowest BCUT2D eigenvalue weighted by Crippen LogP contribution is -2.15. The van der Waals surface area contributed by atoms with Crippen LogP contribution < -0.4 is 5.73 Å². The van der Waals surface area contributed by atoms with Crippen LogP contribution in [0.15, 0.2) is 28.0 Å². The molecule has 1 aromatic rings. The molecule has 0 aliphatic heterocycles. The number of hydrogen-bond donors (Lipinski definition) is 1. The summed E-state index contributed by atoms with van der Waals surface area (Å²) >= 11 is 1.79. The van der Waals surface area contributed by atoms with E-state index in [0.29, 0.717) is 15.8 Å². The van der Waals surface area contributed by atoms with E-state index in [1.54, 1.807) is 23.9 Å². The lowest BCUT2D eigenvalue weighted by atomic mass is 9.91. The molecule has 2 atom stereocenters. The summed E-state index contributed by atoms with van der Waals surface area (Å²) in [6.45, 7) is 2.29. The van der Waals surface area contributed by atoms with Gasteiger partial charge in [-0.3, -0.25) is 0 Å². The van der Waals surface area contributed by atoms with Crippen molar-refractivity contribution in [3.05, 3.63) is 18.2 Å². The minimum absolute atomic E-state index is 0.298. The maximum Gasteiger partial charge on any atom is 0.175 e. The Morgan fingerprint density at radius 3 is 2.63 bits per heavy atom. The Kier molecular flexibility index (Phi) is 4.46. The maximum atomic E-state index is 11.5. The second-order valence-electron chi connectivity index (χ2n) is 5.48. The smallest absolute Gasteiger partial charge is 0.175 e. The van der Waals surface area contributed by atoms with Crippen molar-refractivity contribution < 1.29 is 8.42 Å². The fraction of sp³-hybridized carbons (Fsp3) is 0.571. The fourth-order valence-corrected chi connectivity index (χ4v) is 4.60. The third-order valence-corrected chi connectivity index (χ3v) is 6.09. The van der Waals surface area contributed by atoms with Crippen molar-refractivity contribution >= 4 is 27.3 Å². The molecule has 1 aliphatic rings. The molecule has 0 amide bonds. The third-order valence-electron chi connectivity index (χ3n) is 3.59. The first kappa shape index (κ1) is 14.7. The van der Waals surface area contributed by atoms with Gasteiger partial charge in [0.2, 0.25) is 0 Å². The lowest BCUT2D eigenvalue weighted by Gasteiger charge is -2.26. The van der Waals surface area contributed by atoms with Gasteiger partial charge >= 0.3 is 0 Å². The molecule has 0 saturated heterocycles. The molecule has 1 aromatic carbocycles. The fourth-order valence-electron chi connectivity index (χ4n) is 2.53. The summed E-state index contributed by atoms with van der Waals surface area (Å²) in [6, 6.07) is 5.07. The van der Waals surface area contributed by atoms with Crippen molar-refractivity contribution in [3.8, 4) is 0 Å². The predicted octanol–water partition coefficient (Wildman–Crippen LogP) is 3.34. The van der Waals surface area contributed by atoms with Crippen molar-refractivity contribution in [1.82, 2.24) is 0 Å². The van der Waals surface area contributed by atoms with Crippen LogP contribution in [0.2, 0.25) is 0 Å².